The Morgan fingerprint density at radius 2 is 1.71 bits per heavy atom. The van der Waals surface area contributed by atoms with Gasteiger partial charge in [0.1, 0.15) is 11.4 Å². The van der Waals surface area contributed by atoms with Gasteiger partial charge in [-0.3, -0.25) is 9.59 Å². The van der Waals surface area contributed by atoms with Crippen molar-refractivity contribution in [1.29, 1.82) is 0 Å². The van der Waals surface area contributed by atoms with Crippen LogP contribution < -0.4 is 9.64 Å². The number of hydrogen-bond acceptors (Lipinski definition) is 6. The summed E-state index contributed by atoms with van der Waals surface area (Å²) >= 11 is 0. The molecule has 1 aliphatic heterocycles. The summed E-state index contributed by atoms with van der Waals surface area (Å²) in [5.74, 6) is -0.163. The third kappa shape index (κ3) is 4.07. The van der Waals surface area contributed by atoms with Crippen LogP contribution in [0.1, 0.15) is 17.7 Å². The fourth-order valence-corrected chi connectivity index (χ4v) is 5.72. The van der Waals surface area contributed by atoms with E-state index >= 15 is 0 Å². The average molecular weight is 558 g/mol. The number of carbonyl (C=O) groups excluding carboxylic acids is 2. The van der Waals surface area contributed by atoms with Gasteiger partial charge in [-0.25, -0.2) is 19.5 Å². The lowest BCUT2D eigenvalue weighted by Crippen LogP contribution is -2.31. The molecular formula is C32H27N7O3. The molecule has 0 spiro atoms. The van der Waals surface area contributed by atoms with Crippen LogP contribution in [0, 0.1) is 0 Å². The van der Waals surface area contributed by atoms with E-state index in [-0.39, 0.29) is 5.57 Å². The van der Waals surface area contributed by atoms with Crippen LogP contribution in [0.15, 0.2) is 91.8 Å². The van der Waals surface area contributed by atoms with E-state index in [1.165, 1.54) is 4.90 Å². The zero-order valence-corrected chi connectivity index (χ0v) is 23.1. The van der Waals surface area contributed by atoms with Gasteiger partial charge in [-0.15, -0.1) is 0 Å². The molecule has 0 saturated heterocycles. The largest absolute Gasteiger partial charge is 0.497 e. The molecule has 10 heteroatoms. The van der Waals surface area contributed by atoms with Gasteiger partial charge in [-0.2, -0.15) is 5.10 Å². The summed E-state index contributed by atoms with van der Waals surface area (Å²) in [4.78, 5) is 38.5. The van der Waals surface area contributed by atoms with E-state index in [2.05, 4.69) is 14.5 Å². The van der Waals surface area contributed by atoms with Gasteiger partial charge in [0, 0.05) is 66.8 Å². The highest BCUT2D eigenvalue weighted by molar-refractivity contribution is 6.58. The summed E-state index contributed by atoms with van der Waals surface area (Å²) in [6.07, 6.45) is 10.0. The molecule has 2 aromatic carbocycles. The van der Waals surface area contributed by atoms with Crippen LogP contribution in [0.2, 0.25) is 0 Å². The first-order valence-electron chi connectivity index (χ1n) is 13.6. The van der Waals surface area contributed by atoms with E-state index in [0.29, 0.717) is 45.8 Å². The number of benzene rings is 2. The summed E-state index contributed by atoms with van der Waals surface area (Å²) in [7, 11) is 3.40. The third-order valence-corrected chi connectivity index (χ3v) is 7.67. The molecule has 7 rings (SSSR count). The molecule has 42 heavy (non-hydrogen) atoms. The minimum absolute atomic E-state index is 0.253. The second kappa shape index (κ2) is 10.2. The number of methoxy groups -OCH3 is 1. The summed E-state index contributed by atoms with van der Waals surface area (Å²) in [6, 6.07) is 18.5. The maximum atomic E-state index is 14.4. The van der Waals surface area contributed by atoms with Gasteiger partial charge in [0.15, 0.2) is 5.65 Å². The zero-order chi connectivity index (χ0) is 28.8. The Labute approximate surface area is 241 Å². The fourth-order valence-electron chi connectivity index (χ4n) is 5.72. The van der Waals surface area contributed by atoms with Crippen molar-refractivity contribution in [3.05, 3.63) is 103 Å². The number of nitrogens with zero attached hydrogens (tertiary/aromatic N) is 7. The number of imide groups is 1. The Morgan fingerprint density at radius 3 is 2.50 bits per heavy atom. The monoisotopic (exact) mass is 557 g/mol. The van der Waals surface area contributed by atoms with E-state index in [4.69, 9.17) is 9.84 Å². The highest BCUT2D eigenvalue weighted by Gasteiger charge is 2.43. The summed E-state index contributed by atoms with van der Waals surface area (Å²) < 4.78 is 11.4. The van der Waals surface area contributed by atoms with Crippen LogP contribution in [0.3, 0.4) is 0 Å². The number of hydrogen-bond donors (Lipinski definition) is 0. The molecule has 0 radical (unpaired) electrons. The lowest BCUT2D eigenvalue weighted by molar-refractivity contribution is -0.119. The van der Waals surface area contributed by atoms with Crippen molar-refractivity contribution in [2.75, 3.05) is 12.0 Å². The average Bonchev–Trinajstić information content (AvgIpc) is 3.79. The Kier molecular flexibility index (Phi) is 6.15. The number of imidazole rings is 1. The molecule has 4 aromatic heterocycles. The zero-order valence-electron chi connectivity index (χ0n) is 23.1. The van der Waals surface area contributed by atoms with Crippen molar-refractivity contribution in [3.63, 3.8) is 0 Å². The molecule has 0 bridgehead atoms. The molecule has 1 aliphatic rings. The molecule has 5 heterocycles. The molecule has 0 unspecified atom stereocenters. The fraction of sp³-hybridized carbons (Fsp3) is 0.156. The van der Waals surface area contributed by atoms with Crippen LogP contribution in [-0.4, -0.2) is 47.8 Å². The minimum Gasteiger partial charge on any atom is -0.497 e. The van der Waals surface area contributed by atoms with E-state index in [1.807, 2.05) is 59.4 Å². The summed E-state index contributed by atoms with van der Waals surface area (Å²) in [6.45, 7) is 1.50. The SMILES string of the molecule is COc1ccc2c(c1)c(C1=C(c3nn(C)c4ncccc34)C(=O)N(c3ccccc3)C1=O)cn2CCCn1ccnc1. The molecule has 0 N–H and O–H groups in total. The normalized spacial score (nSPS) is 13.7. The number of rotatable bonds is 8. The lowest BCUT2D eigenvalue weighted by Gasteiger charge is -2.14. The van der Waals surface area contributed by atoms with E-state index in [0.717, 1.165) is 23.9 Å². The van der Waals surface area contributed by atoms with Crippen molar-refractivity contribution in [1.82, 2.24) is 28.9 Å². The Hall–Kier alpha value is -5.51. The van der Waals surface area contributed by atoms with Crippen molar-refractivity contribution in [3.8, 4) is 5.75 Å². The molecule has 2 amide bonds. The number of aromatic nitrogens is 6. The topological polar surface area (TPSA) is 100 Å². The van der Waals surface area contributed by atoms with Crippen LogP contribution >= 0.6 is 0 Å². The number of carbonyl (C=O) groups is 2. The maximum Gasteiger partial charge on any atom is 0.268 e. The quantitative estimate of drug-likeness (QED) is 0.252. The van der Waals surface area contributed by atoms with Gasteiger partial charge in [0.2, 0.25) is 0 Å². The van der Waals surface area contributed by atoms with E-state index in [9.17, 15) is 9.59 Å². The number of amides is 2. The highest BCUT2D eigenvalue weighted by Crippen LogP contribution is 2.42. The second-order valence-electron chi connectivity index (χ2n) is 10.2. The molecule has 6 aromatic rings. The summed E-state index contributed by atoms with van der Waals surface area (Å²) in [5, 5.41) is 6.23. The lowest BCUT2D eigenvalue weighted by atomic mass is 9.98. The first-order valence-corrected chi connectivity index (χ1v) is 13.6. The van der Waals surface area contributed by atoms with Gasteiger partial charge < -0.3 is 13.9 Å². The molecule has 0 aliphatic carbocycles. The second-order valence-corrected chi connectivity index (χ2v) is 10.2. The van der Waals surface area contributed by atoms with Crippen LogP contribution in [0.5, 0.6) is 5.75 Å². The number of anilines is 1. The van der Waals surface area contributed by atoms with E-state index < -0.39 is 11.8 Å². The number of aryl methyl sites for hydroxylation is 3. The van der Waals surface area contributed by atoms with Crippen LogP contribution in [0.4, 0.5) is 5.69 Å². The van der Waals surface area contributed by atoms with Gasteiger partial charge in [0.05, 0.1) is 30.3 Å². The van der Waals surface area contributed by atoms with Crippen molar-refractivity contribution < 1.29 is 14.3 Å². The number of para-hydroxylation sites is 1. The molecule has 208 valence electrons. The molecular weight excluding hydrogens is 530 g/mol. The Morgan fingerprint density at radius 1 is 0.881 bits per heavy atom. The first-order chi connectivity index (χ1) is 20.5. The predicted molar refractivity (Wildman–Crippen MR) is 160 cm³/mol. The van der Waals surface area contributed by atoms with Gasteiger partial charge in [-0.05, 0) is 48.9 Å². The predicted octanol–water partition coefficient (Wildman–Crippen LogP) is 4.70. The van der Waals surface area contributed by atoms with Crippen LogP contribution in [-0.2, 0) is 29.7 Å². The third-order valence-electron chi connectivity index (χ3n) is 7.67. The number of pyridine rings is 1. The van der Waals surface area contributed by atoms with E-state index in [1.54, 1.807) is 55.8 Å². The minimum atomic E-state index is -0.422. The maximum absolute atomic E-state index is 14.4. The Bertz CT molecular complexity index is 2000. The summed E-state index contributed by atoms with van der Waals surface area (Å²) in [5.41, 5.74) is 3.70. The number of fused-ring (bicyclic) bond motifs is 2. The van der Waals surface area contributed by atoms with Gasteiger partial charge in [-0.1, -0.05) is 18.2 Å². The highest BCUT2D eigenvalue weighted by atomic mass is 16.5. The molecule has 10 nitrogen and oxygen atoms in total. The standard InChI is InChI=1S/C32H27N7O3/c1-36-30-23(10-6-13-34-30)29(35-36)28-27(31(40)39(32(28)41)21-8-4-3-5-9-21)25-19-38(16-7-15-37-17-14-33-20-37)26-12-11-22(42-2)18-24(25)26/h3-6,8-14,17-20H,7,15-16H2,1-2H3. The van der Waals surface area contributed by atoms with Gasteiger partial charge in [0.25, 0.3) is 11.8 Å². The van der Waals surface area contributed by atoms with Crippen molar-refractivity contribution >= 4 is 50.6 Å². The smallest absolute Gasteiger partial charge is 0.268 e. The Balaban J connectivity index is 1.44. The molecule has 0 saturated carbocycles. The van der Waals surface area contributed by atoms with Gasteiger partial charge >= 0.3 is 0 Å². The van der Waals surface area contributed by atoms with Crippen molar-refractivity contribution in [2.45, 2.75) is 19.5 Å². The molecule has 0 atom stereocenters. The number of ether oxygens (including phenoxy) is 1. The molecule has 0 fully saturated rings. The van der Waals surface area contributed by atoms with Crippen molar-refractivity contribution in [2.24, 2.45) is 7.05 Å². The first kappa shape index (κ1) is 25.5. The van der Waals surface area contributed by atoms with Crippen LogP contribution in [0.25, 0.3) is 33.1 Å².